The number of fused-ring (bicyclic) bond motifs is 2. The Kier molecular flexibility index (Phi) is 3.72. The fraction of sp³-hybridized carbons (Fsp3) is 0.0455. The highest BCUT2D eigenvalue weighted by atomic mass is 16.5. The molecule has 0 heterocycles. The summed E-state index contributed by atoms with van der Waals surface area (Å²) in [6, 6.07) is 28.4. The van der Waals surface area contributed by atoms with E-state index < -0.39 is 0 Å². The van der Waals surface area contributed by atoms with Crippen LogP contribution < -0.4 is 0 Å². The third-order valence-corrected chi connectivity index (χ3v) is 4.31. The van der Waals surface area contributed by atoms with Gasteiger partial charge in [0.05, 0.1) is 0 Å². The van der Waals surface area contributed by atoms with Gasteiger partial charge in [-0.2, -0.15) is 0 Å². The van der Waals surface area contributed by atoms with Crippen LogP contribution >= 0.6 is 0 Å². The van der Waals surface area contributed by atoms with E-state index in [9.17, 15) is 5.21 Å². The van der Waals surface area contributed by atoms with Crippen molar-refractivity contribution in [2.75, 3.05) is 0 Å². The Balaban J connectivity index is 1.72. The summed E-state index contributed by atoms with van der Waals surface area (Å²) in [6.07, 6.45) is 1.68. The predicted octanol–water partition coefficient (Wildman–Crippen LogP) is 5.12. The first-order valence-corrected chi connectivity index (χ1v) is 8.04. The average Bonchev–Trinajstić information content (AvgIpc) is 2.62. The molecular formula is C22H17NO. The summed E-state index contributed by atoms with van der Waals surface area (Å²) in [4.78, 5) is 0. The van der Waals surface area contributed by atoms with Crippen LogP contribution in [0.5, 0.6) is 0 Å². The molecule has 0 amide bonds. The summed E-state index contributed by atoms with van der Waals surface area (Å²) in [5.41, 5.74) is 1.99. The van der Waals surface area contributed by atoms with Gasteiger partial charge >= 0.3 is 0 Å². The number of nitrogens with zero attached hydrogens (tertiary/aromatic N) is 1. The lowest BCUT2D eigenvalue weighted by Crippen LogP contribution is -2.06. The van der Waals surface area contributed by atoms with Gasteiger partial charge in [-0.15, -0.1) is 0 Å². The molecule has 4 rings (SSSR count). The number of benzene rings is 4. The molecular weight excluding hydrogens is 294 g/mol. The molecule has 0 unspecified atom stereocenters. The smallest absolute Gasteiger partial charge is 0.182 e. The maximum absolute atomic E-state index is 12.5. The van der Waals surface area contributed by atoms with Crippen LogP contribution in [0.2, 0.25) is 0 Å². The van der Waals surface area contributed by atoms with Crippen molar-refractivity contribution in [3.05, 3.63) is 101 Å². The number of hydrogen-bond donors (Lipinski definition) is 0. The van der Waals surface area contributed by atoms with E-state index in [0.29, 0.717) is 6.54 Å². The zero-order valence-corrected chi connectivity index (χ0v) is 13.2. The fourth-order valence-electron chi connectivity index (χ4n) is 3.16. The van der Waals surface area contributed by atoms with Crippen molar-refractivity contribution in [3.63, 3.8) is 0 Å². The summed E-state index contributed by atoms with van der Waals surface area (Å²) in [7, 11) is 0. The van der Waals surface area contributed by atoms with E-state index >= 15 is 0 Å². The van der Waals surface area contributed by atoms with Crippen LogP contribution in [-0.4, -0.2) is 11.0 Å². The van der Waals surface area contributed by atoms with Crippen LogP contribution in [0.15, 0.2) is 84.9 Å². The minimum absolute atomic E-state index is 0.338. The van der Waals surface area contributed by atoms with E-state index in [4.69, 9.17) is 0 Å². The van der Waals surface area contributed by atoms with Crippen molar-refractivity contribution >= 4 is 27.8 Å². The summed E-state index contributed by atoms with van der Waals surface area (Å²) in [5, 5.41) is 17.1. The predicted molar refractivity (Wildman–Crippen MR) is 100 cm³/mol. The fourth-order valence-corrected chi connectivity index (χ4v) is 3.16. The van der Waals surface area contributed by atoms with Crippen molar-refractivity contribution in [2.24, 2.45) is 0 Å². The summed E-state index contributed by atoms with van der Waals surface area (Å²) in [6.45, 7) is 0.338. The molecule has 0 bridgehead atoms. The third kappa shape index (κ3) is 2.74. The van der Waals surface area contributed by atoms with Gasteiger partial charge in [-0.25, -0.2) is 4.74 Å². The van der Waals surface area contributed by atoms with Gasteiger partial charge in [-0.1, -0.05) is 78.9 Å². The molecule has 0 spiro atoms. The molecule has 0 saturated carbocycles. The van der Waals surface area contributed by atoms with E-state index in [-0.39, 0.29) is 0 Å². The molecule has 0 saturated heterocycles. The minimum Gasteiger partial charge on any atom is -0.624 e. The Morgan fingerprint density at radius 1 is 0.667 bits per heavy atom. The molecule has 24 heavy (non-hydrogen) atoms. The van der Waals surface area contributed by atoms with Crippen molar-refractivity contribution in [1.29, 1.82) is 0 Å². The SMILES string of the molecule is [O-]/[N+](=C\c1cccc2ccccc12)Cc1cccc2ccccc12. The average molecular weight is 311 g/mol. The molecule has 4 aromatic carbocycles. The van der Waals surface area contributed by atoms with Gasteiger partial charge in [0, 0.05) is 11.1 Å². The molecule has 0 atom stereocenters. The molecule has 2 nitrogen and oxygen atoms in total. The lowest BCUT2D eigenvalue weighted by Gasteiger charge is -2.08. The van der Waals surface area contributed by atoms with Gasteiger partial charge < -0.3 is 5.21 Å². The van der Waals surface area contributed by atoms with Crippen LogP contribution in [0.25, 0.3) is 21.5 Å². The van der Waals surface area contributed by atoms with Gasteiger partial charge in [-0.05, 0) is 27.6 Å². The maximum atomic E-state index is 12.5. The Hall–Kier alpha value is -3.13. The molecule has 116 valence electrons. The molecule has 0 fully saturated rings. The Morgan fingerprint density at radius 2 is 1.25 bits per heavy atom. The van der Waals surface area contributed by atoms with Gasteiger partial charge in [0.2, 0.25) is 0 Å². The third-order valence-electron chi connectivity index (χ3n) is 4.31. The van der Waals surface area contributed by atoms with Crippen molar-refractivity contribution in [1.82, 2.24) is 0 Å². The van der Waals surface area contributed by atoms with Crippen molar-refractivity contribution in [3.8, 4) is 0 Å². The van der Waals surface area contributed by atoms with Gasteiger partial charge in [0.1, 0.15) is 0 Å². The van der Waals surface area contributed by atoms with E-state index in [1.165, 1.54) is 0 Å². The van der Waals surface area contributed by atoms with Crippen LogP contribution in [-0.2, 0) is 6.54 Å². The normalized spacial score (nSPS) is 11.9. The molecule has 0 aromatic heterocycles. The minimum atomic E-state index is 0.338. The topological polar surface area (TPSA) is 26.1 Å². The molecule has 0 radical (unpaired) electrons. The second-order valence-corrected chi connectivity index (χ2v) is 5.91. The Labute approximate surface area is 140 Å². The monoisotopic (exact) mass is 311 g/mol. The second-order valence-electron chi connectivity index (χ2n) is 5.91. The zero-order chi connectivity index (χ0) is 16.4. The van der Waals surface area contributed by atoms with E-state index in [0.717, 1.165) is 37.4 Å². The maximum Gasteiger partial charge on any atom is 0.182 e. The first kappa shape index (κ1) is 14.5. The standard InChI is InChI=1S/C22H17NO/c24-23(15-19-11-5-9-17-7-1-3-13-21(17)19)16-20-12-6-10-18-8-2-4-14-22(18)20/h1-15H,16H2/b23-15-. The summed E-state index contributed by atoms with van der Waals surface area (Å²) >= 11 is 0. The van der Waals surface area contributed by atoms with Crippen LogP contribution in [0.4, 0.5) is 0 Å². The van der Waals surface area contributed by atoms with Crippen LogP contribution in [0, 0.1) is 5.21 Å². The van der Waals surface area contributed by atoms with Crippen LogP contribution in [0.1, 0.15) is 11.1 Å². The van der Waals surface area contributed by atoms with Gasteiger partial charge in [0.25, 0.3) is 0 Å². The Morgan fingerprint density at radius 3 is 2.04 bits per heavy atom. The number of hydroxylamine groups is 1. The largest absolute Gasteiger partial charge is 0.624 e. The number of rotatable bonds is 3. The van der Waals surface area contributed by atoms with Crippen molar-refractivity contribution in [2.45, 2.75) is 6.54 Å². The second kappa shape index (κ2) is 6.17. The summed E-state index contributed by atoms with van der Waals surface area (Å²) < 4.78 is 1.02. The van der Waals surface area contributed by atoms with Gasteiger partial charge in [-0.3, -0.25) is 0 Å². The quantitative estimate of drug-likeness (QED) is 0.223. The summed E-state index contributed by atoms with van der Waals surface area (Å²) in [5.74, 6) is 0. The van der Waals surface area contributed by atoms with Crippen molar-refractivity contribution < 1.29 is 4.74 Å². The zero-order valence-electron chi connectivity index (χ0n) is 13.2. The highest BCUT2D eigenvalue weighted by molar-refractivity contribution is 5.98. The molecule has 0 N–H and O–H groups in total. The highest BCUT2D eigenvalue weighted by Gasteiger charge is 2.06. The molecule has 0 aliphatic carbocycles. The highest BCUT2D eigenvalue weighted by Crippen LogP contribution is 2.20. The molecule has 0 aliphatic rings. The first-order valence-electron chi connectivity index (χ1n) is 8.04. The van der Waals surface area contributed by atoms with Gasteiger partial charge in [0.15, 0.2) is 12.8 Å². The van der Waals surface area contributed by atoms with E-state index in [2.05, 4.69) is 30.3 Å². The Bertz CT molecular complexity index is 1040. The molecule has 4 aromatic rings. The molecule has 0 aliphatic heterocycles. The molecule has 2 heteroatoms. The lowest BCUT2D eigenvalue weighted by molar-refractivity contribution is -0.469. The van der Waals surface area contributed by atoms with Crippen LogP contribution in [0.3, 0.4) is 0 Å². The van der Waals surface area contributed by atoms with E-state index in [1.807, 2.05) is 54.6 Å². The number of hydrogen-bond acceptors (Lipinski definition) is 1. The lowest BCUT2D eigenvalue weighted by atomic mass is 10.0. The van der Waals surface area contributed by atoms with E-state index in [1.54, 1.807) is 6.21 Å². The first-order chi connectivity index (χ1) is 11.8.